The van der Waals surface area contributed by atoms with Crippen molar-refractivity contribution in [3.63, 3.8) is 0 Å². The summed E-state index contributed by atoms with van der Waals surface area (Å²) in [4.78, 5) is 2.58. The van der Waals surface area contributed by atoms with Gasteiger partial charge in [0.2, 0.25) is 0 Å². The molecule has 3 aromatic rings. The number of rotatable bonds is 5. The molecule has 0 unspecified atom stereocenters. The molecule has 4 rings (SSSR count). The summed E-state index contributed by atoms with van der Waals surface area (Å²) >= 11 is 0. The average Bonchev–Trinajstić information content (AvgIpc) is 3.14. The summed E-state index contributed by atoms with van der Waals surface area (Å²) < 4.78 is 0. The first-order valence-electron chi connectivity index (χ1n) is 10.0. The highest BCUT2D eigenvalue weighted by atomic mass is 15.2. The van der Waals surface area contributed by atoms with E-state index < -0.39 is 0 Å². The van der Waals surface area contributed by atoms with Crippen LogP contribution in [-0.2, 0) is 13.0 Å². The quantitative estimate of drug-likeness (QED) is 0.683. The lowest BCUT2D eigenvalue weighted by Gasteiger charge is -2.32. The van der Waals surface area contributed by atoms with Crippen LogP contribution in [-0.4, -0.2) is 28.2 Å². The molecule has 0 bridgehead atoms. The number of hydrogen-bond acceptors (Lipinski definition) is 2. The smallest absolute Gasteiger partial charge is 0.0695 e. The van der Waals surface area contributed by atoms with E-state index >= 15 is 0 Å². The Morgan fingerprint density at radius 1 is 1.00 bits per heavy atom. The van der Waals surface area contributed by atoms with Gasteiger partial charge < -0.3 is 0 Å². The van der Waals surface area contributed by atoms with Crippen LogP contribution in [0.5, 0.6) is 0 Å². The summed E-state index contributed by atoms with van der Waals surface area (Å²) in [7, 11) is 0. The summed E-state index contributed by atoms with van der Waals surface area (Å²) in [6.45, 7) is 7.67. The van der Waals surface area contributed by atoms with Gasteiger partial charge in [0.15, 0.2) is 0 Å². The lowest BCUT2D eigenvalue weighted by Crippen LogP contribution is -2.33. The summed E-state index contributed by atoms with van der Waals surface area (Å²) in [5, 5.41) is 7.56. The maximum absolute atomic E-state index is 4.34. The van der Waals surface area contributed by atoms with Gasteiger partial charge in [-0.15, -0.1) is 0 Å². The molecule has 140 valence electrons. The molecule has 27 heavy (non-hydrogen) atoms. The molecule has 1 N–H and O–H groups in total. The van der Waals surface area contributed by atoms with Crippen molar-refractivity contribution in [2.24, 2.45) is 5.92 Å². The third-order valence-corrected chi connectivity index (χ3v) is 5.98. The van der Waals surface area contributed by atoms with E-state index in [4.69, 9.17) is 0 Å². The average molecular weight is 360 g/mol. The van der Waals surface area contributed by atoms with Crippen LogP contribution in [0.25, 0.3) is 11.3 Å². The van der Waals surface area contributed by atoms with E-state index in [9.17, 15) is 0 Å². The second-order valence-corrected chi connectivity index (χ2v) is 7.98. The molecule has 0 radical (unpaired) electrons. The number of likely N-dealkylation sites (tertiary alicyclic amines) is 1. The molecule has 1 aliphatic rings. The fraction of sp³-hybridized carbons (Fsp3) is 0.375. The van der Waals surface area contributed by atoms with E-state index in [1.807, 2.05) is 6.20 Å². The predicted octanol–water partition coefficient (Wildman–Crippen LogP) is 5.15. The van der Waals surface area contributed by atoms with E-state index in [0.717, 1.165) is 12.5 Å². The summed E-state index contributed by atoms with van der Waals surface area (Å²) in [6.07, 6.45) is 5.78. The van der Waals surface area contributed by atoms with Crippen LogP contribution in [0.3, 0.4) is 0 Å². The van der Waals surface area contributed by atoms with Crippen molar-refractivity contribution in [1.29, 1.82) is 0 Å². The first-order chi connectivity index (χ1) is 13.2. The SMILES string of the molecule is Cc1ccc(-c2[nH]ncc2CN2CCC(Cc3ccccc3)CC2)cc1C. The number of piperidine rings is 1. The fourth-order valence-electron chi connectivity index (χ4n) is 4.11. The van der Waals surface area contributed by atoms with Crippen molar-refractivity contribution in [2.45, 2.75) is 39.7 Å². The zero-order valence-corrected chi connectivity index (χ0v) is 16.4. The van der Waals surface area contributed by atoms with Crippen molar-refractivity contribution in [2.75, 3.05) is 13.1 Å². The number of benzene rings is 2. The Kier molecular flexibility index (Phi) is 5.40. The van der Waals surface area contributed by atoms with Gasteiger partial charge in [-0.05, 0) is 74.9 Å². The Labute approximate surface area is 162 Å². The van der Waals surface area contributed by atoms with Crippen LogP contribution < -0.4 is 0 Å². The third-order valence-electron chi connectivity index (χ3n) is 5.98. The van der Waals surface area contributed by atoms with E-state index in [1.54, 1.807) is 0 Å². The van der Waals surface area contributed by atoms with Crippen molar-refractivity contribution >= 4 is 0 Å². The van der Waals surface area contributed by atoms with Gasteiger partial charge in [-0.25, -0.2) is 0 Å². The molecule has 1 aromatic heterocycles. The highest BCUT2D eigenvalue weighted by Crippen LogP contribution is 2.27. The Bertz CT molecular complexity index is 874. The Morgan fingerprint density at radius 2 is 1.78 bits per heavy atom. The van der Waals surface area contributed by atoms with Crippen LogP contribution in [0.4, 0.5) is 0 Å². The van der Waals surface area contributed by atoms with Crippen LogP contribution in [0.15, 0.2) is 54.7 Å². The molecule has 0 amide bonds. The van der Waals surface area contributed by atoms with Gasteiger partial charge >= 0.3 is 0 Å². The van der Waals surface area contributed by atoms with Crippen molar-refractivity contribution in [3.8, 4) is 11.3 Å². The zero-order chi connectivity index (χ0) is 18.6. The Morgan fingerprint density at radius 3 is 2.52 bits per heavy atom. The van der Waals surface area contributed by atoms with Gasteiger partial charge in [0.1, 0.15) is 0 Å². The van der Waals surface area contributed by atoms with E-state index in [1.165, 1.54) is 65.9 Å². The van der Waals surface area contributed by atoms with Crippen molar-refractivity contribution < 1.29 is 0 Å². The lowest BCUT2D eigenvalue weighted by molar-refractivity contribution is 0.177. The zero-order valence-electron chi connectivity index (χ0n) is 16.4. The molecular formula is C24H29N3. The molecule has 1 fully saturated rings. The predicted molar refractivity (Wildman–Crippen MR) is 112 cm³/mol. The Balaban J connectivity index is 1.37. The molecule has 0 atom stereocenters. The maximum Gasteiger partial charge on any atom is 0.0695 e. The van der Waals surface area contributed by atoms with Gasteiger partial charge in [0.05, 0.1) is 11.9 Å². The first kappa shape index (κ1) is 18.0. The minimum Gasteiger partial charge on any atom is -0.299 e. The topological polar surface area (TPSA) is 31.9 Å². The van der Waals surface area contributed by atoms with Crippen molar-refractivity contribution in [1.82, 2.24) is 15.1 Å². The molecule has 3 heteroatoms. The van der Waals surface area contributed by atoms with Crippen molar-refractivity contribution in [3.05, 3.63) is 77.0 Å². The number of aromatic nitrogens is 2. The molecule has 1 saturated heterocycles. The molecule has 2 heterocycles. The van der Waals surface area contributed by atoms with Gasteiger partial charge in [-0.3, -0.25) is 10.00 Å². The number of nitrogens with zero attached hydrogens (tertiary/aromatic N) is 2. The summed E-state index contributed by atoms with van der Waals surface area (Å²) in [5.41, 5.74) is 7.85. The van der Waals surface area contributed by atoms with Crippen LogP contribution >= 0.6 is 0 Å². The van der Waals surface area contributed by atoms with Crippen LogP contribution in [0.1, 0.15) is 35.1 Å². The molecule has 0 saturated carbocycles. The molecule has 3 nitrogen and oxygen atoms in total. The minimum atomic E-state index is 0.812. The van der Waals surface area contributed by atoms with Gasteiger partial charge in [-0.1, -0.05) is 42.5 Å². The second-order valence-electron chi connectivity index (χ2n) is 7.98. The number of hydrogen-bond donors (Lipinski definition) is 1. The Hall–Kier alpha value is -2.39. The van der Waals surface area contributed by atoms with Gasteiger partial charge in [0.25, 0.3) is 0 Å². The molecule has 0 aliphatic carbocycles. The largest absolute Gasteiger partial charge is 0.299 e. The molecule has 0 spiro atoms. The first-order valence-corrected chi connectivity index (χ1v) is 10.0. The van der Waals surface area contributed by atoms with E-state index in [0.29, 0.717) is 0 Å². The van der Waals surface area contributed by atoms with Crippen LogP contribution in [0, 0.1) is 19.8 Å². The minimum absolute atomic E-state index is 0.812. The molecule has 2 aromatic carbocycles. The fourth-order valence-corrected chi connectivity index (χ4v) is 4.11. The maximum atomic E-state index is 4.34. The van der Waals surface area contributed by atoms with Crippen LogP contribution in [0.2, 0.25) is 0 Å². The number of nitrogens with one attached hydrogen (secondary N) is 1. The van der Waals surface area contributed by atoms with E-state index in [2.05, 4.69) is 77.5 Å². The van der Waals surface area contributed by atoms with Gasteiger partial charge in [0, 0.05) is 17.7 Å². The standard InChI is InChI=1S/C24H29N3/c1-18-8-9-22(14-19(18)2)24-23(16-25-26-24)17-27-12-10-21(11-13-27)15-20-6-4-3-5-7-20/h3-9,14,16,21H,10-13,15,17H2,1-2H3,(H,25,26). The number of aryl methyl sites for hydroxylation is 2. The highest BCUT2D eigenvalue weighted by Gasteiger charge is 2.21. The number of H-pyrrole nitrogens is 1. The van der Waals surface area contributed by atoms with Gasteiger partial charge in [-0.2, -0.15) is 5.10 Å². The molecular weight excluding hydrogens is 330 g/mol. The monoisotopic (exact) mass is 359 g/mol. The third kappa shape index (κ3) is 4.30. The molecule has 1 aliphatic heterocycles. The second kappa shape index (κ2) is 8.10. The summed E-state index contributed by atoms with van der Waals surface area (Å²) in [5.74, 6) is 0.812. The van der Waals surface area contributed by atoms with E-state index in [-0.39, 0.29) is 0 Å². The lowest BCUT2D eigenvalue weighted by atomic mass is 9.90. The number of aromatic amines is 1. The highest BCUT2D eigenvalue weighted by molar-refractivity contribution is 5.64. The summed E-state index contributed by atoms with van der Waals surface area (Å²) in [6, 6.07) is 17.6. The normalized spacial score (nSPS) is 15.9.